The van der Waals surface area contributed by atoms with Crippen molar-refractivity contribution in [2.75, 3.05) is 32.8 Å². The number of nitrogens with zero attached hydrogens (tertiary/aromatic N) is 2. The molecule has 0 saturated carbocycles. The number of rotatable bonds is 6. The van der Waals surface area contributed by atoms with Gasteiger partial charge in [-0.3, -0.25) is 9.59 Å². The summed E-state index contributed by atoms with van der Waals surface area (Å²) in [6, 6.07) is 10.3. The first-order chi connectivity index (χ1) is 11.1. The Bertz CT molecular complexity index is 510. The Morgan fingerprint density at radius 2 is 1.61 bits per heavy atom. The van der Waals surface area contributed by atoms with Crippen LogP contribution in [0.1, 0.15) is 25.3 Å². The fourth-order valence-electron chi connectivity index (χ4n) is 2.89. The fourth-order valence-corrected chi connectivity index (χ4v) is 2.89. The lowest BCUT2D eigenvalue weighted by Crippen LogP contribution is -2.51. The fraction of sp³-hybridized carbons (Fsp3) is 0.556. The van der Waals surface area contributed by atoms with Crippen molar-refractivity contribution in [1.82, 2.24) is 9.80 Å². The molecule has 1 aliphatic rings. The second-order valence-electron chi connectivity index (χ2n) is 6.25. The van der Waals surface area contributed by atoms with Crippen molar-refractivity contribution < 1.29 is 14.7 Å². The largest absolute Gasteiger partial charge is 0.387 e. The molecule has 1 aromatic carbocycles. The van der Waals surface area contributed by atoms with Crippen molar-refractivity contribution in [2.45, 2.75) is 26.2 Å². The predicted octanol–water partition coefficient (Wildman–Crippen LogP) is 1.31. The van der Waals surface area contributed by atoms with Crippen LogP contribution in [0.3, 0.4) is 0 Å². The highest BCUT2D eigenvalue weighted by Crippen LogP contribution is 2.15. The van der Waals surface area contributed by atoms with Gasteiger partial charge < -0.3 is 14.9 Å². The maximum Gasteiger partial charge on any atom is 0.248 e. The number of piperazine rings is 1. The van der Waals surface area contributed by atoms with E-state index in [1.807, 2.05) is 23.1 Å². The molecule has 126 valence electrons. The van der Waals surface area contributed by atoms with Gasteiger partial charge in [-0.1, -0.05) is 37.3 Å². The molecule has 0 aliphatic carbocycles. The Hall–Kier alpha value is -1.88. The second-order valence-corrected chi connectivity index (χ2v) is 6.25. The van der Waals surface area contributed by atoms with E-state index in [2.05, 4.69) is 19.1 Å². The topological polar surface area (TPSA) is 60.9 Å². The highest BCUT2D eigenvalue weighted by atomic mass is 16.3. The van der Waals surface area contributed by atoms with Crippen LogP contribution < -0.4 is 0 Å². The number of hydrogen-bond donors (Lipinski definition) is 1. The standard InChI is InChI=1S/C18H26N2O3/c1-15(7-8-16-5-3-2-4-6-16)13-17(22)19-9-11-20(12-10-19)18(23)14-21/h2-6,15,21H,7-14H2,1H3. The smallest absolute Gasteiger partial charge is 0.248 e. The minimum atomic E-state index is -0.454. The molecule has 0 spiro atoms. The van der Waals surface area contributed by atoms with Crippen molar-refractivity contribution in [2.24, 2.45) is 5.92 Å². The predicted molar refractivity (Wildman–Crippen MR) is 88.8 cm³/mol. The summed E-state index contributed by atoms with van der Waals surface area (Å²) >= 11 is 0. The van der Waals surface area contributed by atoms with Gasteiger partial charge in [0.2, 0.25) is 11.8 Å². The van der Waals surface area contributed by atoms with Gasteiger partial charge in [-0.05, 0) is 24.3 Å². The average Bonchev–Trinajstić information content (AvgIpc) is 2.60. The Balaban J connectivity index is 1.71. The van der Waals surface area contributed by atoms with Gasteiger partial charge in [-0.15, -0.1) is 0 Å². The highest BCUT2D eigenvalue weighted by Gasteiger charge is 2.24. The molecule has 1 atom stereocenters. The summed E-state index contributed by atoms with van der Waals surface area (Å²) in [5.41, 5.74) is 1.31. The maximum atomic E-state index is 12.3. The van der Waals surface area contributed by atoms with Crippen molar-refractivity contribution >= 4 is 11.8 Å². The van der Waals surface area contributed by atoms with Gasteiger partial charge in [0.15, 0.2) is 0 Å². The van der Waals surface area contributed by atoms with Crippen LogP contribution in [0.25, 0.3) is 0 Å². The number of hydrogen-bond acceptors (Lipinski definition) is 3. The molecule has 5 heteroatoms. The highest BCUT2D eigenvalue weighted by molar-refractivity contribution is 5.79. The Morgan fingerprint density at radius 1 is 1.04 bits per heavy atom. The van der Waals surface area contributed by atoms with Gasteiger partial charge in [-0.2, -0.15) is 0 Å². The maximum absolute atomic E-state index is 12.3. The van der Waals surface area contributed by atoms with Crippen LogP contribution in [0.15, 0.2) is 30.3 Å². The summed E-state index contributed by atoms with van der Waals surface area (Å²) in [7, 11) is 0. The van der Waals surface area contributed by atoms with Crippen molar-refractivity contribution in [3.8, 4) is 0 Å². The van der Waals surface area contributed by atoms with E-state index >= 15 is 0 Å². The number of aryl methyl sites for hydroxylation is 1. The molecule has 2 amide bonds. The van der Waals surface area contributed by atoms with Crippen molar-refractivity contribution in [3.05, 3.63) is 35.9 Å². The van der Waals surface area contributed by atoms with Gasteiger partial charge >= 0.3 is 0 Å². The molecule has 1 heterocycles. The van der Waals surface area contributed by atoms with E-state index in [1.54, 1.807) is 4.90 Å². The van der Waals surface area contributed by atoms with E-state index in [9.17, 15) is 9.59 Å². The number of amides is 2. The van der Waals surface area contributed by atoms with Gasteiger partial charge in [0, 0.05) is 32.6 Å². The Morgan fingerprint density at radius 3 is 2.17 bits per heavy atom. The number of aliphatic hydroxyl groups is 1. The van der Waals surface area contributed by atoms with Gasteiger partial charge in [-0.25, -0.2) is 0 Å². The Kier molecular flexibility index (Phi) is 6.59. The summed E-state index contributed by atoms with van der Waals surface area (Å²) < 4.78 is 0. The van der Waals surface area contributed by atoms with E-state index in [4.69, 9.17) is 5.11 Å². The molecule has 23 heavy (non-hydrogen) atoms. The van der Waals surface area contributed by atoms with E-state index in [-0.39, 0.29) is 11.8 Å². The molecule has 0 bridgehead atoms. The first-order valence-electron chi connectivity index (χ1n) is 8.30. The van der Waals surface area contributed by atoms with Gasteiger partial charge in [0.25, 0.3) is 0 Å². The molecule has 2 rings (SSSR count). The van der Waals surface area contributed by atoms with E-state index in [0.29, 0.717) is 38.5 Å². The molecule has 1 fully saturated rings. The molecular weight excluding hydrogens is 292 g/mol. The third kappa shape index (κ3) is 5.36. The number of aliphatic hydroxyl groups excluding tert-OH is 1. The van der Waals surface area contributed by atoms with Crippen LogP contribution in [-0.4, -0.2) is 59.5 Å². The molecular formula is C18H26N2O3. The number of carbonyl (C=O) groups excluding carboxylic acids is 2. The second kappa shape index (κ2) is 8.67. The number of carbonyl (C=O) groups is 2. The van der Waals surface area contributed by atoms with Crippen LogP contribution >= 0.6 is 0 Å². The molecule has 0 aromatic heterocycles. The lowest BCUT2D eigenvalue weighted by Gasteiger charge is -2.35. The first-order valence-corrected chi connectivity index (χ1v) is 8.30. The molecule has 1 unspecified atom stereocenters. The minimum absolute atomic E-state index is 0.168. The lowest BCUT2D eigenvalue weighted by molar-refractivity contribution is -0.141. The van der Waals surface area contributed by atoms with E-state index in [0.717, 1.165) is 12.8 Å². The SMILES string of the molecule is CC(CCc1ccccc1)CC(=O)N1CCN(C(=O)CO)CC1. The first kappa shape index (κ1) is 17.5. The Labute approximate surface area is 137 Å². The number of benzene rings is 1. The van der Waals surface area contributed by atoms with Crippen LogP contribution in [0.2, 0.25) is 0 Å². The van der Waals surface area contributed by atoms with Crippen molar-refractivity contribution in [1.29, 1.82) is 0 Å². The summed E-state index contributed by atoms with van der Waals surface area (Å²) in [4.78, 5) is 27.2. The zero-order chi connectivity index (χ0) is 16.7. The normalized spacial score (nSPS) is 16.3. The lowest BCUT2D eigenvalue weighted by atomic mass is 9.97. The quantitative estimate of drug-likeness (QED) is 0.860. The third-order valence-corrected chi connectivity index (χ3v) is 4.41. The van der Waals surface area contributed by atoms with Gasteiger partial charge in [0.1, 0.15) is 6.61 Å². The van der Waals surface area contributed by atoms with E-state index < -0.39 is 6.61 Å². The van der Waals surface area contributed by atoms with E-state index in [1.165, 1.54) is 5.56 Å². The van der Waals surface area contributed by atoms with Crippen LogP contribution in [0, 0.1) is 5.92 Å². The molecule has 1 aromatic rings. The van der Waals surface area contributed by atoms with Crippen LogP contribution in [0.5, 0.6) is 0 Å². The molecule has 5 nitrogen and oxygen atoms in total. The van der Waals surface area contributed by atoms with Gasteiger partial charge in [0.05, 0.1) is 0 Å². The third-order valence-electron chi connectivity index (χ3n) is 4.41. The summed E-state index contributed by atoms with van der Waals surface area (Å²) in [5, 5.41) is 8.86. The molecule has 1 saturated heterocycles. The minimum Gasteiger partial charge on any atom is -0.387 e. The van der Waals surface area contributed by atoms with Crippen molar-refractivity contribution in [3.63, 3.8) is 0 Å². The summed E-state index contributed by atoms with van der Waals surface area (Å²) in [6.07, 6.45) is 2.55. The summed E-state index contributed by atoms with van der Waals surface area (Å²) in [5.74, 6) is 0.259. The van der Waals surface area contributed by atoms with Crippen LogP contribution in [-0.2, 0) is 16.0 Å². The summed E-state index contributed by atoms with van der Waals surface area (Å²) in [6.45, 7) is 3.83. The molecule has 0 radical (unpaired) electrons. The van der Waals surface area contributed by atoms with Crippen LogP contribution in [0.4, 0.5) is 0 Å². The molecule has 1 aliphatic heterocycles. The average molecular weight is 318 g/mol. The zero-order valence-electron chi connectivity index (χ0n) is 13.8. The molecule has 1 N–H and O–H groups in total. The zero-order valence-corrected chi connectivity index (χ0v) is 13.8. The monoisotopic (exact) mass is 318 g/mol.